The molecule has 3 aromatic rings. The number of ether oxygens (including phenoxy) is 1. The lowest BCUT2D eigenvalue weighted by molar-refractivity contribution is -0.966. The Kier molecular flexibility index (Phi) is 7.27. The molecule has 0 spiro atoms. The van der Waals surface area contributed by atoms with Gasteiger partial charge in [-0.1, -0.05) is 72.3 Å². The summed E-state index contributed by atoms with van der Waals surface area (Å²) in [6.45, 7) is 1.18. The van der Waals surface area contributed by atoms with E-state index in [4.69, 9.17) is 16.3 Å². The SMILES string of the molecule is C[N+]12CCC(CC1)[C@@H](OCc1cc(C(F)(F)F)cc(C(F)(F)F)c1)[C@@]2(Cl)C(c1ccccc1)c1ccccc1. The molecular weight excluding hydrogens is 540 g/mol. The first kappa shape index (κ1) is 28.0. The van der Waals surface area contributed by atoms with Crippen LogP contribution in [0, 0.1) is 5.92 Å². The van der Waals surface area contributed by atoms with Gasteiger partial charge in [0.15, 0.2) is 0 Å². The maximum Gasteiger partial charge on any atom is 0.416 e. The summed E-state index contributed by atoms with van der Waals surface area (Å²) >= 11 is 7.78. The summed E-state index contributed by atoms with van der Waals surface area (Å²) in [4.78, 5) is -1.04. The summed E-state index contributed by atoms with van der Waals surface area (Å²) in [7, 11) is 2.07. The summed E-state index contributed by atoms with van der Waals surface area (Å²) in [6.07, 6.45) is -8.84. The van der Waals surface area contributed by atoms with Crippen molar-refractivity contribution in [3.05, 3.63) is 107 Å². The molecule has 3 aromatic carbocycles. The van der Waals surface area contributed by atoms with Crippen molar-refractivity contribution in [2.24, 2.45) is 5.92 Å². The van der Waals surface area contributed by atoms with Crippen LogP contribution >= 0.6 is 11.6 Å². The first-order valence-electron chi connectivity index (χ1n) is 12.9. The average molecular weight is 569 g/mol. The maximum absolute atomic E-state index is 13.5. The van der Waals surface area contributed by atoms with Crippen molar-refractivity contribution < 1.29 is 35.6 Å². The zero-order valence-electron chi connectivity index (χ0n) is 21.3. The van der Waals surface area contributed by atoms with E-state index in [1.54, 1.807) is 0 Å². The Morgan fingerprint density at radius 2 is 1.28 bits per heavy atom. The quantitative estimate of drug-likeness (QED) is 0.126. The van der Waals surface area contributed by atoms with E-state index in [0.717, 1.165) is 49.2 Å². The van der Waals surface area contributed by atoms with Crippen LogP contribution in [0.5, 0.6) is 0 Å². The molecule has 0 N–H and O–H groups in total. The molecule has 39 heavy (non-hydrogen) atoms. The third-order valence-electron chi connectivity index (χ3n) is 8.39. The zero-order chi connectivity index (χ0) is 28.1. The molecule has 208 valence electrons. The number of nitrogens with zero attached hydrogens (tertiary/aromatic N) is 1. The number of fused-ring (bicyclic) bond motifs is 3. The standard InChI is InChI=1S/C30H29ClF6NO/c1-38-14-12-23(13-15-38)27(39-19-20-16-24(29(32,33)34)18-25(17-20)30(35,36)37)28(38,31)26(21-8-4-2-5-9-21)22-10-6-3-7-11-22/h2-11,16-18,23,26-27H,12-15,19H2,1H3/q+1/t23?,27-,28-,38?/m1/s1. The summed E-state index contributed by atoms with van der Waals surface area (Å²) in [5.41, 5.74) is -0.957. The van der Waals surface area contributed by atoms with E-state index in [1.807, 2.05) is 60.7 Å². The van der Waals surface area contributed by atoms with Gasteiger partial charge in [0.05, 0.1) is 43.8 Å². The fraction of sp³-hybridized carbons (Fsp3) is 0.400. The molecule has 2 nitrogen and oxygen atoms in total. The summed E-state index contributed by atoms with van der Waals surface area (Å²) < 4.78 is 87.7. The van der Waals surface area contributed by atoms with Gasteiger partial charge in [0.2, 0.25) is 5.00 Å². The number of rotatable bonds is 6. The van der Waals surface area contributed by atoms with Crippen LogP contribution in [0.2, 0.25) is 0 Å². The van der Waals surface area contributed by atoms with Crippen molar-refractivity contribution in [3.8, 4) is 0 Å². The third-order valence-corrected chi connectivity index (χ3v) is 9.23. The predicted octanol–water partition coefficient (Wildman–Crippen LogP) is 8.25. The van der Waals surface area contributed by atoms with Crippen LogP contribution in [-0.4, -0.2) is 35.7 Å². The van der Waals surface area contributed by atoms with Gasteiger partial charge in [-0.2, -0.15) is 26.3 Å². The maximum atomic E-state index is 13.5. The van der Waals surface area contributed by atoms with Crippen LogP contribution in [-0.2, 0) is 23.7 Å². The molecular formula is C30H29ClF6NO+. The molecule has 0 amide bonds. The fourth-order valence-electron chi connectivity index (χ4n) is 6.41. The first-order chi connectivity index (χ1) is 18.3. The Morgan fingerprint density at radius 3 is 1.72 bits per heavy atom. The van der Waals surface area contributed by atoms with E-state index in [1.165, 1.54) is 0 Å². The number of halogens is 7. The molecule has 3 fully saturated rings. The van der Waals surface area contributed by atoms with Gasteiger partial charge in [-0.05, 0) is 34.9 Å². The normalized spacial score (nSPS) is 27.2. The van der Waals surface area contributed by atoms with Gasteiger partial charge in [-0.15, -0.1) is 0 Å². The average Bonchev–Trinajstić information content (AvgIpc) is 2.89. The van der Waals surface area contributed by atoms with Gasteiger partial charge in [0.1, 0.15) is 6.10 Å². The van der Waals surface area contributed by atoms with Crippen molar-refractivity contribution in [3.63, 3.8) is 0 Å². The van der Waals surface area contributed by atoms with E-state index in [-0.39, 0.29) is 23.5 Å². The molecule has 2 bridgehead atoms. The lowest BCUT2D eigenvalue weighted by atomic mass is 9.69. The monoisotopic (exact) mass is 568 g/mol. The molecule has 0 unspecified atom stereocenters. The van der Waals surface area contributed by atoms with Crippen LogP contribution in [0.3, 0.4) is 0 Å². The van der Waals surface area contributed by atoms with Gasteiger partial charge in [0.25, 0.3) is 0 Å². The molecule has 9 heteroatoms. The molecule has 3 heterocycles. The van der Waals surface area contributed by atoms with E-state index >= 15 is 0 Å². The minimum Gasteiger partial charge on any atom is -0.365 e. The van der Waals surface area contributed by atoms with E-state index in [9.17, 15) is 26.3 Å². The Hall–Kier alpha value is -2.55. The minimum absolute atomic E-state index is 0.0188. The minimum atomic E-state index is -4.92. The van der Waals surface area contributed by atoms with Gasteiger partial charge in [-0.3, -0.25) is 0 Å². The highest BCUT2D eigenvalue weighted by molar-refractivity contribution is 6.24. The Bertz CT molecular complexity index is 1220. The molecule has 3 aliphatic heterocycles. The number of quaternary nitrogens is 1. The Labute approximate surface area is 228 Å². The van der Waals surface area contributed by atoms with Gasteiger partial charge >= 0.3 is 12.4 Å². The van der Waals surface area contributed by atoms with E-state index < -0.39 is 41.2 Å². The number of alkyl halides is 7. The fourth-order valence-corrected chi connectivity index (χ4v) is 7.07. The van der Waals surface area contributed by atoms with Crippen LogP contribution in [0.15, 0.2) is 78.9 Å². The lowest BCUT2D eigenvalue weighted by Crippen LogP contribution is -2.76. The van der Waals surface area contributed by atoms with Crippen molar-refractivity contribution in [1.82, 2.24) is 0 Å². The molecule has 0 radical (unpaired) electrons. The highest BCUT2D eigenvalue weighted by Gasteiger charge is 2.66. The van der Waals surface area contributed by atoms with Crippen LogP contribution in [0.4, 0.5) is 26.3 Å². The lowest BCUT2D eigenvalue weighted by Gasteiger charge is -2.62. The number of likely N-dealkylation sites (N-methyl/N-ethyl adjacent to an activating group) is 1. The van der Waals surface area contributed by atoms with E-state index in [0.29, 0.717) is 4.48 Å². The van der Waals surface area contributed by atoms with Gasteiger partial charge in [-0.25, -0.2) is 0 Å². The Morgan fingerprint density at radius 1 is 0.821 bits per heavy atom. The molecule has 6 rings (SSSR count). The smallest absolute Gasteiger partial charge is 0.365 e. The van der Waals surface area contributed by atoms with Crippen LogP contribution < -0.4 is 0 Å². The van der Waals surface area contributed by atoms with Crippen molar-refractivity contribution in [2.75, 3.05) is 20.1 Å². The van der Waals surface area contributed by atoms with Crippen molar-refractivity contribution in [2.45, 2.75) is 48.8 Å². The highest BCUT2D eigenvalue weighted by Crippen LogP contribution is 2.56. The van der Waals surface area contributed by atoms with Gasteiger partial charge < -0.3 is 9.22 Å². The number of hydrogen-bond acceptors (Lipinski definition) is 1. The predicted molar refractivity (Wildman–Crippen MR) is 137 cm³/mol. The molecule has 3 aliphatic rings. The zero-order valence-corrected chi connectivity index (χ0v) is 22.0. The summed E-state index contributed by atoms with van der Waals surface area (Å²) in [5, 5.41) is 0. The second-order valence-electron chi connectivity index (χ2n) is 10.8. The highest BCUT2D eigenvalue weighted by atomic mass is 35.5. The van der Waals surface area contributed by atoms with Crippen LogP contribution in [0.25, 0.3) is 0 Å². The molecule has 0 aromatic heterocycles. The Balaban J connectivity index is 1.57. The first-order valence-corrected chi connectivity index (χ1v) is 13.2. The molecule has 3 saturated heterocycles. The summed E-state index contributed by atoms with van der Waals surface area (Å²) in [6, 6.07) is 21.1. The molecule has 0 aliphatic carbocycles. The van der Waals surface area contributed by atoms with E-state index in [2.05, 4.69) is 7.05 Å². The number of hydrogen-bond donors (Lipinski definition) is 0. The third kappa shape index (κ3) is 5.19. The second-order valence-corrected chi connectivity index (χ2v) is 11.4. The molecule has 0 saturated carbocycles. The largest absolute Gasteiger partial charge is 0.416 e. The van der Waals surface area contributed by atoms with Crippen molar-refractivity contribution in [1.29, 1.82) is 0 Å². The van der Waals surface area contributed by atoms with Gasteiger partial charge in [0, 0.05) is 18.8 Å². The second kappa shape index (κ2) is 10.1. The summed E-state index contributed by atoms with van der Waals surface area (Å²) in [5.74, 6) is -0.308. The van der Waals surface area contributed by atoms with Crippen molar-refractivity contribution >= 4 is 11.6 Å². The molecule has 2 atom stereocenters. The topological polar surface area (TPSA) is 9.23 Å². The number of piperidine rings is 3. The van der Waals surface area contributed by atoms with Crippen LogP contribution in [0.1, 0.15) is 46.6 Å². The number of benzene rings is 3.